The van der Waals surface area contributed by atoms with Gasteiger partial charge in [-0.25, -0.2) is 0 Å². The summed E-state index contributed by atoms with van der Waals surface area (Å²) in [6, 6.07) is 14.5. The smallest absolute Gasteiger partial charge is 0.367 e. The zero-order valence-corrected chi connectivity index (χ0v) is 17.8. The maximum Gasteiger partial charge on any atom is 0.411 e. The Morgan fingerprint density at radius 3 is 2.52 bits per heavy atom. The van der Waals surface area contributed by atoms with Crippen molar-refractivity contribution in [2.75, 3.05) is 19.7 Å². The van der Waals surface area contributed by atoms with Crippen LogP contribution >= 0.6 is 0 Å². The van der Waals surface area contributed by atoms with Crippen LogP contribution in [-0.2, 0) is 24.4 Å². The Kier molecular flexibility index (Phi) is 8.09. The molecule has 7 heteroatoms. The van der Waals surface area contributed by atoms with Gasteiger partial charge >= 0.3 is 6.18 Å². The molecule has 4 nitrogen and oxygen atoms in total. The maximum atomic E-state index is 12.5. The summed E-state index contributed by atoms with van der Waals surface area (Å²) in [5, 5.41) is 2.95. The van der Waals surface area contributed by atoms with Crippen LogP contribution < -0.4 is 5.32 Å². The zero-order chi connectivity index (χ0) is 22.3. The van der Waals surface area contributed by atoms with Gasteiger partial charge in [0.25, 0.3) is 5.91 Å². The fourth-order valence-electron chi connectivity index (χ4n) is 3.87. The van der Waals surface area contributed by atoms with Gasteiger partial charge in [0.15, 0.2) is 0 Å². The van der Waals surface area contributed by atoms with Crippen LogP contribution in [-0.4, -0.2) is 36.7 Å². The number of halogens is 3. The second kappa shape index (κ2) is 10.8. The molecule has 1 unspecified atom stereocenters. The molecule has 2 aromatic carbocycles. The van der Waals surface area contributed by atoms with Gasteiger partial charge in [0, 0.05) is 25.2 Å². The van der Waals surface area contributed by atoms with E-state index in [2.05, 4.69) is 27.9 Å². The summed E-state index contributed by atoms with van der Waals surface area (Å²) in [5.41, 5.74) is 3.35. The number of nitrogens with zero attached hydrogens (tertiary/aromatic N) is 1. The first kappa shape index (κ1) is 23.3. The summed E-state index contributed by atoms with van der Waals surface area (Å²) < 4.78 is 41.1. The first-order valence-electron chi connectivity index (χ1n) is 10.6. The van der Waals surface area contributed by atoms with Crippen LogP contribution in [0.1, 0.15) is 46.8 Å². The second-order valence-electron chi connectivity index (χ2n) is 8.24. The number of likely N-dealkylation sites (tertiary alicyclic amines) is 1. The van der Waals surface area contributed by atoms with Gasteiger partial charge in [0.2, 0.25) is 0 Å². The molecule has 1 aliphatic rings. The monoisotopic (exact) mass is 434 g/mol. The van der Waals surface area contributed by atoms with Crippen molar-refractivity contribution in [2.45, 2.75) is 45.6 Å². The Bertz CT molecular complexity index is 853. The molecular formula is C24H29F3N2O2. The Morgan fingerprint density at radius 1 is 1.13 bits per heavy atom. The topological polar surface area (TPSA) is 41.6 Å². The predicted molar refractivity (Wildman–Crippen MR) is 113 cm³/mol. The molecular weight excluding hydrogens is 405 g/mol. The molecule has 31 heavy (non-hydrogen) atoms. The predicted octanol–water partition coefficient (Wildman–Crippen LogP) is 4.93. The lowest BCUT2D eigenvalue weighted by Crippen LogP contribution is -2.34. The van der Waals surface area contributed by atoms with E-state index in [1.165, 1.54) is 18.4 Å². The van der Waals surface area contributed by atoms with Gasteiger partial charge in [-0.2, -0.15) is 13.2 Å². The van der Waals surface area contributed by atoms with Crippen molar-refractivity contribution in [3.8, 4) is 0 Å². The number of piperidine rings is 1. The first-order chi connectivity index (χ1) is 14.8. The Labute approximate surface area is 181 Å². The Balaban J connectivity index is 1.52. The highest BCUT2D eigenvalue weighted by Gasteiger charge is 2.27. The van der Waals surface area contributed by atoms with Crippen molar-refractivity contribution in [1.82, 2.24) is 10.2 Å². The van der Waals surface area contributed by atoms with Crippen molar-refractivity contribution in [3.63, 3.8) is 0 Å². The average Bonchev–Trinajstić information content (AvgIpc) is 2.72. The summed E-state index contributed by atoms with van der Waals surface area (Å²) in [6.45, 7) is 4.35. The van der Waals surface area contributed by atoms with E-state index in [9.17, 15) is 18.0 Å². The molecule has 2 aromatic rings. The largest absolute Gasteiger partial charge is 0.411 e. The molecule has 168 valence electrons. The van der Waals surface area contributed by atoms with Gasteiger partial charge in [-0.05, 0) is 54.1 Å². The van der Waals surface area contributed by atoms with Crippen LogP contribution in [0.2, 0.25) is 0 Å². The molecule has 1 heterocycles. The van der Waals surface area contributed by atoms with E-state index in [0.29, 0.717) is 23.6 Å². The van der Waals surface area contributed by atoms with Crippen LogP contribution in [0, 0.1) is 5.92 Å². The van der Waals surface area contributed by atoms with Crippen molar-refractivity contribution in [1.29, 1.82) is 0 Å². The highest BCUT2D eigenvalue weighted by molar-refractivity contribution is 5.94. The van der Waals surface area contributed by atoms with Gasteiger partial charge in [0.1, 0.15) is 6.61 Å². The number of carbonyl (C=O) groups is 1. The number of alkyl halides is 3. The fraction of sp³-hybridized carbons (Fsp3) is 0.458. The molecule has 1 fully saturated rings. The lowest BCUT2D eigenvalue weighted by molar-refractivity contribution is -0.176. The second-order valence-corrected chi connectivity index (χ2v) is 8.24. The van der Waals surface area contributed by atoms with Gasteiger partial charge in [-0.15, -0.1) is 0 Å². The third-order valence-electron chi connectivity index (χ3n) is 5.44. The van der Waals surface area contributed by atoms with E-state index in [4.69, 9.17) is 0 Å². The molecule has 0 saturated carbocycles. The number of benzene rings is 2. The highest BCUT2D eigenvalue weighted by atomic mass is 19.4. The third kappa shape index (κ3) is 7.67. The standard InChI is InChI=1S/C24H29F3N2O2/c1-18-5-4-12-29(14-18)15-22-7-3-2-6-21(22)13-28-23(30)20-10-8-19(9-11-20)16-31-17-24(25,26)27/h2-3,6-11,18H,4-5,12-17H2,1H3,(H,28,30). The van der Waals surface area contributed by atoms with E-state index >= 15 is 0 Å². The summed E-state index contributed by atoms with van der Waals surface area (Å²) >= 11 is 0. The zero-order valence-electron chi connectivity index (χ0n) is 17.8. The van der Waals surface area contributed by atoms with Crippen LogP contribution in [0.4, 0.5) is 13.2 Å². The molecule has 0 bridgehead atoms. The number of amides is 1. The first-order valence-corrected chi connectivity index (χ1v) is 10.6. The van der Waals surface area contributed by atoms with Crippen molar-refractivity contribution < 1.29 is 22.7 Å². The van der Waals surface area contributed by atoms with E-state index in [0.717, 1.165) is 25.2 Å². The lowest BCUT2D eigenvalue weighted by Gasteiger charge is -2.31. The van der Waals surface area contributed by atoms with Crippen molar-refractivity contribution in [3.05, 3.63) is 70.8 Å². The number of hydrogen-bond acceptors (Lipinski definition) is 3. The number of rotatable bonds is 8. The number of nitrogens with one attached hydrogen (secondary N) is 1. The van der Waals surface area contributed by atoms with E-state index in [1.807, 2.05) is 18.2 Å². The molecule has 0 radical (unpaired) electrons. The lowest BCUT2D eigenvalue weighted by atomic mass is 9.99. The summed E-state index contributed by atoms with van der Waals surface area (Å²) in [5.74, 6) is 0.492. The van der Waals surface area contributed by atoms with E-state index < -0.39 is 12.8 Å². The fourth-order valence-corrected chi connectivity index (χ4v) is 3.87. The summed E-state index contributed by atoms with van der Waals surface area (Å²) in [4.78, 5) is 15.0. The van der Waals surface area contributed by atoms with Crippen LogP contribution in [0.15, 0.2) is 48.5 Å². The SMILES string of the molecule is CC1CCCN(Cc2ccccc2CNC(=O)c2ccc(COCC(F)(F)F)cc2)C1. The van der Waals surface area contributed by atoms with Gasteiger partial charge in [-0.3, -0.25) is 9.69 Å². The minimum atomic E-state index is -4.34. The molecule has 1 aliphatic heterocycles. The quantitative estimate of drug-likeness (QED) is 0.641. The summed E-state index contributed by atoms with van der Waals surface area (Å²) in [7, 11) is 0. The minimum Gasteiger partial charge on any atom is -0.367 e. The van der Waals surface area contributed by atoms with Gasteiger partial charge in [0.05, 0.1) is 6.61 Å². The maximum absolute atomic E-state index is 12.5. The van der Waals surface area contributed by atoms with Crippen molar-refractivity contribution >= 4 is 5.91 Å². The van der Waals surface area contributed by atoms with Gasteiger partial charge < -0.3 is 10.1 Å². The summed E-state index contributed by atoms with van der Waals surface area (Å²) in [6.07, 6.45) is -1.85. The van der Waals surface area contributed by atoms with Crippen LogP contribution in [0.3, 0.4) is 0 Å². The molecule has 1 atom stereocenters. The number of hydrogen-bond donors (Lipinski definition) is 1. The molecule has 1 N–H and O–H groups in total. The third-order valence-corrected chi connectivity index (χ3v) is 5.44. The van der Waals surface area contributed by atoms with E-state index in [1.54, 1.807) is 24.3 Å². The normalized spacial score (nSPS) is 17.5. The molecule has 1 saturated heterocycles. The van der Waals surface area contributed by atoms with Crippen LogP contribution in [0.5, 0.6) is 0 Å². The van der Waals surface area contributed by atoms with Crippen molar-refractivity contribution in [2.24, 2.45) is 5.92 Å². The number of ether oxygens (including phenoxy) is 1. The van der Waals surface area contributed by atoms with Crippen LogP contribution in [0.25, 0.3) is 0 Å². The highest BCUT2D eigenvalue weighted by Crippen LogP contribution is 2.20. The molecule has 1 amide bonds. The van der Waals surface area contributed by atoms with E-state index in [-0.39, 0.29) is 12.5 Å². The van der Waals surface area contributed by atoms with Gasteiger partial charge in [-0.1, -0.05) is 43.3 Å². The Morgan fingerprint density at radius 2 is 1.84 bits per heavy atom. The molecule has 0 spiro atoms. The molecule has 3 rings (SSSR count). The average molecular weight is 435 g/mol. The molecule has 0 aromatic heterocycles. The number of carbonyl (C=O) groups excluding carboxylic acids is 1. The minimum absolute atomic E-state index is 0.149. The molecule has 0 aliphatic carbocycles. The Hall–Kier alpha value is -2.38.